The highest BCUT2D eigenvalue weighted by molar-refractivity contribution is 9.10. The van der Waals surface area contributed by atoms with Crippen molar-refractivity contribution >= 4 is 15.9 Å². The molecule has 5 heteroatoms. The number of hydrogen-bond acceptors (Lipinski definition) is 3. The third kappa shape index (κ3) is 2.90. The fraction of sp³-hybridized carbons (Fsp3) is 0.500. The van der Waals surface area contributed by atoms with Crippen LogP contribution in [-0.2, 0) is 0 Å². The fourth-order valence-corrected chi connectivity index (χ4v) is 2.30. The predicted octanol–water partition coefficient (Wildman–Crippen LogP) is 3.06. The van der Waals surface area contributed by atoms with E-state index < -0.39 is 0 Å². The van der Waals surface area contributed by atoms with Crippen LogP contribution in [-0.4, -0.2) is 20.8 Å². The van der Waals surface area contributed by atoms with Crippen LogP contribution in [0.4, 0.5) is 4.39 Å². The van der Waals surface area contributed by atoms with Gasteiger partial charge in [0.25, 0.3) is 0 Å². The van der Waals surface area contributed by atoms with Gasteiger partial charge in [0, 0.05) is 0 Å². The van der Waals surface area contributed by atoms with Gasteiger partial charge in [0.15, 0.2) is 11.5 Å². The summed E-state index contributed by atoms with van der Waals surface area (Å²) in [4.78, 5) is 0. The lowest BCUT2D eigenvalue weighted by molar-refractivity contribution is 0.348. The molecule has 1 aromatic carbocycles. The monoisotopic (exact) mass is 305 g/mol. The summed E-state index contributed by atoms with van der Waals surface area (Å²) in [5.74, 6) is 0.605. The number of hydrogen-bond donors (Lipinski definition) is 1. The molecule has 0 spiro atoms. The van der Waals surface area contributed by atoms with Crippen molar-refractivity contribution in [3.05, 3.63) is 21.9 Å². The second-order valence-corrected chi connectivity index (χ2v) is 4.60. The van der Waals surface area contributed by atoms with Gasteiger partial charge in [0.1, 0.15) is 5.82 Å². The van der Waals surface area contributed by atoms with Crippen molar-refractivity contribution in [1.82, 2.24) is 0 Å². The summed E-state index contributed by atoms with van der Waals surface area (Å²) in [6.07, 6.45) is 0.721. The van der Waals surface area contributed by atoms with Crippen molar-refractivity contribution in [2.75, 3.05) is 20.8 Å². The molecule has 0 heterocycles. The molecule has 96 valence electrons. The van der Waals surface area contributed by atoms with E-state index in [1.54, 1.807) is 6.07 Å². The average Bonchev–Trinajstić information content (AvgIpc) is 2.32. The molecule has 1 aromatic rings. The molecule has 0 radical (unpaired) electrons. The number of nitrogens with two attached hydrogens (primary N) is 1. The highest BCUT2D eigenvalue weighted by Crippen LogP contribution is 2.41. The van der Waals surface area contributed by atoms with E-state index in [2.05, 4.69) is 15.9 Å². The Morgan fingerprint density at radius 2 is 2.06 bits per heavy atom. The normalized spacial score (nSPS) is 12.4. The molecule has 1 unspecified atom stereocenters. The van der Waals surface area contributed by atoms with E-state index in [0.29, 0.717) is 28.1 Å². The minimum Gasteiger partial charge on any atom is -0.493 e. The molecule has 0 amide bonds. The zero-order valence-electron chi connectivity index (χ0n) is 10.2. The summed E-state index contributed by atoms with van der Waals surface area (Å²) < 4.78 is 24.7. The molecule has 0 fully saturated rings. The van der Waals surface area contributed by atoms with E-state index in [9.17, 15) is 4.39 Å². The number of rotatable bonds is 5. The number of methoxy groups -OCH3 is 2. The Kier molecular flexibility index (Phi) is 5.21. The zero-order valence-corrected chi connectivity index (χ0v) is 11.8. The number of benzene rings is 1. The molecule has 17 heavy (non-hydrogen) atoms. The second kappa shape index (κ2) is 6.21. The molecule has 3 nitrogen and oxygen atoms in total. The Morgan fingerprint density at radius 3 is 2.53 bits per heavy atom. The third-order valence-corrected chi connectivity index (χ3v) is 3.42. The van der Waals surface area contributed by atoms with Crippen molar-refractivity contribution in [2.24, 2.45) is 5.73 Å². The zero-order chi connectivity index (χ0) is 13.0. The largest absolute Gasteiger partial charge is 0.493 e. The first-order chi connectivity index (χ1) is 8.06. The summed E-state index contributed by atoms with van der Waals surface area (Å²) in [7, 11) is 3.00. The standard InChI is InChI=1S/C12H17BrFNO2/c1-7(4-5-15)8-6-9(16-2)12(17-3)10(13)11(8)14/h6-7H,4-5,15H2,1-3H3. The van der Waals surface area contributed by atoms with Gasteiger partial charge in [0.05, 0.1) is 18.7 Å². The lowest BCUT2D eigenvalue weighted by Gasteiger charge is -2.17. The highest BCUT2D eigenvalue weighted by atomic mass is 79.9. The van der Waals surface area contributed by atoms with Gasteiger partial charge in [-0.2, -0.15) is 0 Å². The highest BCUT2D eigenvalue weighted by Gasteiger charge is 2.20. The van der Waals surface area contributed by atoms with Gasteiger partial charge < -0.3 is 15.2 Å². The van der Waals surface area contributed by atoms with Crippen LogP contribution in [0.25, 0.3) is 0 Å². The van der Waals surface area contributed by atoms with Gasteiger partial charge in [0.2, 0.25) is 0 Å². The SMILES string of the molecule is COc1cc(C(C)CCN)c(F)c(Br)c1OC. The maximum atomic E-state index is 14.1. The summed E-state index contributed by atoms with van der Waals surface area (Å²) in [5.41, 5.74) is 6.07. The first kappa shape index (κ1) is 14.3. The molecule has 1 rings (SSSR count). The molecule has 0 bridgehead atoms. The van der Waals surface area contributed by atoms with E-state index in [-0.39, 0.29) is 11.7 Å². The maximum absolute atomic E-state index is 14.1. The minimum atomic E-state index is -0.316. The molecular formula is C12H17BrFNO2. The van der Waals surface area contributed by atoms with Crippen LogP contribution in [0.5, 0.6) is 11.5 Å². The lowest BCUT2D eigenvalue weighted by atomic mass is 9.97. The van der Waals surface area contributed by atoms with Crippen molar-refractivity contribution < 1.29 is 13.9 Å². The molecular weight excluding hydrogens is 289 g/mol. The van der Waals surface area contributed by atoms with Crippen LogP contribution in [0.2, 0.25) is 0 Å². The third-order valence-electron chi connectivity index (χ3n) is 2.71. The molecule has 0 aliphatic carbocycles. The van der Waals surface area contributed by atoms with E-state index >= 15 is 0 Å². The Balaban J connectivity index is 3.28. The first-order valence-corrected chi connectivity index (χ1v) is 6.16. The molecule has 0 aromatic heterocycles. The Bertz CT molecular complexity index is 399. The van der Waals surface area contributed by atoms with Crippen molar-refractivity contribution in [3.63, 3.8) is 0 Å². The number of halogens is 2. The average molecular weight is 306 g/mol. The second-order valence-electron chi connectivity index (χ2n) is 3.81. The van der Waals surface area contributed by atoms with Crippen molar-refractivity contribution in [1.29, 1.82) is 0 Å². The van der Waals surface area contributed by atoms with Crippen LogP contribution < -0.4 is 15.2 Å². The van der Waals surface area contributed by atoms with Crippen LogP contribution >= 0.6 is 15.9 Å². The van der Waals surface area contributed by atoms with E-state index in [0.717, 1.165) is 6.42 Å². The quantitative estimate of drug-likeness (QED) is 0.909. The van der Waals surface area contributed by atoms with E-state index in [4.69, 9.17) is 15.2 Å². The summed E-state index contributed by atoms with van der Waals surface area (Å²) in [6, 6.07) is 1.67. The molecule has 0 aliphatic rings. The van der Waals surface area contributed by atoms with Gasteiger partial charge in [-0.3, -0.25) is 0 Å². The van der Waals surface area contributed by atoms with Crippen LogP contribution in [0.1, 0.15) is 24.8 Å². The van der Waals surface area contributed by atoms with Crippen LogP contribution in [0.15, 0.2) is 10.5 Å². The van der Waals surface area contributed by atoms with Gasteiger partial charge in [-0.15, -0.1) is 0 Å². The Hall–Kier alpha value is -0.810. The molecule has 0 aliphatic heterocycles. The molecule has 1 atom stereocenters. The van der Waals surface area contributed by atoms with E-state index in [1.165, 1.54) is 14.2 Å². The number of ether oxygens (including phenoxy) is 2. The Morgan fingerprint density at radius 1 is 1.41 bits per heavy atom. The molecule has 0 saturated carbocycles. The molecule has 0 saturated heterocycles. The summed E-state index contributed by atoms with van der Waals surface area (Å²) >= 11 is 3.19. The van der Waals surface area contributed by atoms with Gasteiger partial charge in [-0.25, -0.2) is 4.39 Å². The maximum Gasteiger partial charge on any atom is 0.177 e. The minimum absolute atomic E-state index is 0.0381. The topological polar surface area (TPSA) is 44.5 Å². The van der Waals surface area contributed by atoms with E-state index in [1.807, 2.05) is 6.92 Å². The van der Waals surface area contributed by atoms with Crippen LogP contribution in [0.3, 0.4) is 0 Å². The Labute approximate surface area is 109 Å². The first-order valence-electron chi connectivity index (χ1n) is 5.36. The van der Waals surface area contributed by atoms with Crippen molar-refractivity contribution in [2.45, 2.75) is 19.3 Å². The fourth-order valence-electron chi connectivity index (χ4n) is 1.71. The predicted molar refractivity (Wildman–Crippen MR) is 69.3 cm³/mol. The lowest BCUT2D eigenvalue weighted by Crippen LogP contribution is -2.07. The smallest absolute Gasteiger partial charge is 0.177 e. The van der Waals surface area contributed by atoms with Crippen molar-refractivity contribution in [3.8, 4) is 11.5 Å². The van der Waals surface area contributed by atoms with Crippen LogP contribution in [0, 0.1) is 5.82 Å². The molecule has 2 N–H and O–H groups in total. The van der Waals surface area contributed by atoms with Gasteiger partial charge in [-0.05, 0) is 46.4 Å². The van der Waals surface area contributed by atoms with Gasteiger partial charge >= 0.3 is 0 Å². The van der Waals surface area contributed by atoms with Gasteiger partial charge in [-0.1, -0.05) is 6.92 Å². The summed E-state index contributed by atoms with van der Waals surface area (Å²) in [6.45, 7) is 2.45. The summed E-state index contributed by atoms with van der Waals surface area (Å²) in [5, 5.41) is 0.